The van der Waals surface area contributed by atoms with Crippen LogP contribution in [0.25, 0.3) is 0 Å². The molecule has 0 spiro atoms. The van der Waals surface area contributed by atoms with Crippen molar-refractivity contribution < 1.29 is 14.7 Å². The van der Waals surface area contributed by atoms with E-state index < -0.39 is 24.0 Å². The standard InChI is InChI=1S/C17H17ClN4O5/c1-9-12(8-23)19-17(26)22(16(9)25)7-15-20-14(21-27-15)6-13(24)10-2-4-11(18)5-3-10/h2-5,13,23-24H,6-8H2,1H3,(H,19,26)/t13-/m0/s1. The zero-order valence-electron chi connectivity index (χ0n) is 14.3. The first-order chi connectivity index (χ1) is 12.9. The molecule has 0 radical (unpaired) electrons. The van der Waals surface area contributed by atoms with Crippen LogP contribution in [0.5, 0.6) is 0 Å². The van der Waals surface area contributed by atoms with Gasteiger partial charge in [0.2, 0.25) is 5.89 Å². The van der Waals surface area contributed by atoms with Crippen LogP contribution in [0.3, 0.4) is 0 Å². The van der Waals surface area contributed by atoms with Gasteiger partial charge in [-0.3, -0.25) is 9.36 Å². The minimum atomic E-state index is -0.857. The van der Waals surface area contributed by atoms with E-state index in [0.717, 1.165) is 4.57 Å². The van der Waals surface area contributed by atoms with E-state index in [1.54, 1.807) is 24.3 Å². The van der Waals surface area contributed by atoms with Gasteiger partial charge < -0.3 is 19.7 Å². The van der Waals surface area contributed by atoms with Crippen molar-refractivity contribution in [1.82, 2.24) is 19.7 Å². The van der Waals surface area contributed by atoms with Gasteiger partial charge in [0.05, 0.1) is 18.4 Å². The molecular formula is C17H17ClN4O5. The highest BCUT2D eigenvalue weighted by molar-refractivity contribution is 6.30. The summed E-state index contributed by atoms with van der Waals surface area (Å²) in [6.45, 7) is 0.844. The fourth-order valence-electron chi connectivity index (χ4n) is 2.56. The Balaban J connectivity index is 1.77. The van der Waals surface area contributed by atoms with Crippen LogP contribution in [0.15, 0.2) is 38.4 Å². The van der Waals surface area contributed by atoms with E-state index in [2.05, 4.69) is 15.1 Å². The van der Waals surface area contributed by atoms with Crippen LogP contribution >= 0.6 is 11.6 Å². The highest BCUT2D eigenvalue weighted by Gasteiger charge is 2.16. The molecular weight excluding hydrogens is 376 g/mol. The number of aliphatic hydroxyl groups excluding tert-OH is 2. The lowest BCUT2D eigenvalue weighted by Gasteiger charge is -2.08. The molecule has 2 aromatic heterocycles. The highest BCUT2D eigenvalue weighted by Crippen LogP contribution is 2.19. The van der Waals surface area contributed by atoms with E-state index in [1.807, 2.05) is 0 Å². The molecule has 0 unspecified atom stereocenters. The SMILES string of the molecule is Cc1c(CO)[nH]c(=O)n(Cc2nc(C[C@H](O)c3ccc(Cl)cc3)no2)c1=O. The van der Waals surface area contributed by atoms with Crippen molar-refractivity contribution in [3.63, 3.8) is 0 Å². The second-order valence-corrected chi connectivity index (χ2v) is 6.40. The number of halogens is 1. The van der Waals surface area contributed by atoms with Crippen molar-refractivity contribution in [1.29, 1.82) is 0 Å². The van der Waals surface area contributed by atoms with E-state index in [0.29, 0.717) is 10.6 Å². The zero-order chi connectivity index (χ0) is 19.6. The number of nitrogens with zero attached hydrogens (tertiary/aromatic N) is 3. The van der Waals surface area contributed by atoms with Crippen LogP contribution in [0, 0.1) is 6.92 Å². The molecule has 0 saturated heterocycles. The molecule has 0 saturated carbocycles. The lowest BCUT2D eigenvalue weighted by atomic mass is 10.1. The quantitative estimate of drug-likeness (QED) is 0.562. The zero-order valence-corrected chi connectivity index (χ0v) is 15.1. The van der Waals surface area contributed by atoms with Gasteiger partial charge in [-0.05, 0) is 24.6 Å². The number of aliphatic hydroxyl groups is 2. The van der Waals surface area contributed by atoms with Crippen LogP contribution in [-0.4, -0.2) is 29.9 Å². The normalized spacial score (nSPS) is 12.3. The first-order valence-electron chi connectivity index (χ1n) is 8.07. The molecule has 0 amide bonds. The fraction of sp³-hybridized carbons (Fsp3) is 0.294. The molecule has 9 nitrogen and oxygen atoms in total. The van der Waals surface area contributed by atoms with E-state index in [9.17, 15) is 14.7 Å². The summed E-state index contributed by atoms with van der Waals surface area (Å²) in [6.07, 6.45) is -0.760. The molecule has 0 aliphatic rings. The largest absolute Gasteiger partial charge is 0.390 e. The molecule has 3 aromatic rings. The Morgan fingerprint density at radius 1 is 1.30 bits per heavy atom. The summed E-state index contributed by atoms with van der Waals surface area (Å²) < 4.78 is 5.98. The molecule has 3 N–H and O–H groups in total. The Bertz CT molecular complexity index is 1050. The fourth-order valence-corrected chi connectivity index (χ4v) is 2.69. The average Bonchev–Trinajstić information content (AvgIpc) is 3.09. The third-order valence-corrected chi connectivity index (χ3v) is 4.37. The Kier molecular flexibility index (Phi) is 5.54. The summed E-state index contributed by atoms with van der Waals surface area (Å²) in [7, 11) is 0. The lowest BCUT2D eigenvalue weighted by Crippen LogP contribution is -2.38. The molecule has 0 aliphatic carbocycles. The molecule has 0 bridgehead atoms. The predicted molar refractivity (Wildman–Crippen MR) is 95.5 cm³/mol. The maximum Gasteiger partial charge on any atom is 0.329 e. The smallest absolute Gasteiger partial charge is 0.329 e. The van der Waals surface area contributed by atoms with Gasteiger partial charge in [-0.15, -0.1) is 0 Å². The Morgan fingerprint density at radius 2 is 2.00 bits per heavy atom. The number of hydrogen-bond donors (Lipinski definition) is 3. The van der Waals surface area contributed by atoms with Crippen LogP contribution in [-0.2, 0) is 19.6 Å². The predicted octanol–water partition coefficient (Wildman–Crippen LogP) is 0.698. The molecule has 27 heavy (non-hydrogen) atoms. The Labute approximate surface area is 157 Å². The van der Waals surface area contributed by atoms with Gasteiger partial charge in [0.15, 0.2) is 5.82 Å². The number of aromatic amines is 1. The summed E-state index contributed by atoms with van der Waals surface area (Å²) >= 11 is 5.82. The first kappa shape index (κ1) is 19.0. The Hall–Kier alpha value is -2.75. The summed E-state index contributed by atoms with van der Waals surface area (Å²) in [6, 6.07) is 6.72. The second-order valence-electron chi connectivity index (χ2n) is 5.96. The van der Waals surface area contributed by atoms with Crippen LogP contribution in [0.2, 0.25) is 5.02 Å². The van der Waals surface area contributed by atoms with Gasteiger partial charge in [0.1, 0.15) is 6.54 Å². The van der Waals surface area contributed by atoms with Gasteiger partial charge in [0, 0.05) is 17.0 Å². The van der Waals surface area contributed by atoms with Crippen molar-refractivity contribution in [2.24, 2.45) is 0 Å². The summed E-state index contributed by atoms with van der Waals surface area (Å²) in [4.78, 5) is 30.8. The molecule has 0 aliphatic heterocycles. The summed E-state index contributed by atoms with van der Waals surface area (Å²) in [5, 5.41) is 23.7. The van der Waals surface area contributed by atoms with Crippen LogP contribution in [0.4, 0.5) is 0 Å². The molecule has 1 aromatic carbocycles. The monoisotopic (exact) mass is 392 g/mol. The third kappa shape index (κ3) is 4.16. The third-order valence-electron chi connectivity index (χ3n) is 4.11. The van der Waals surface area contributed by atoms with Gasteiger partial charge in [-0.2, -0.15) is 4.98 Å². The minimum Gasteiger partial charge on any atom is -0.390 e. The van der Waals surface area contributed by atoms with E-state index in [1.165, 1.54) is 6.92 Å². The minimum absolute atomic E-state index is 0.0528. The van der Waals surface area contributed by atoms with Gasteiger partial charge in [-0.25, -0.2) is 4.79 Å². The maximum atomic E-state index is 12.3. The first-order valence-corrected chi connectivity index (χ1v) is 8.45. The number of H-pyrrole nitrogens is 1. The number of aromatic nitrogens is 4. The summed E-state index contributed by atoms with van der Waals surface area (Å²) in [5.74, 6) is 0.290. The number of rotatable bonds is 6. The number of benzene rings is 1. The molecule has 2 heterocycles. The van der Waals surface area contributed by atoms with Gasteiger partial charge >= 0.3 is 5.69 Å². The van der Waals surface area contributed by atoms with Gasteiger partial charge in [0.25, 0.3) is 5.56 Å². The van der Waals surface area contributed by atoms with Crippen molar-refractivity contribution in [3.05, 3.63) is 78.7 Å². The summed E-state index contributed by atoms with van der Waals surface area (Å²) in [5.41, 5.74) is -0.193. The van der Waals surface area contributed by atoms with Crippen molar-refractivity contribution in [3.8, 4) is 0 Å². The van der Waals surface area contributed by atoms with Crippen LogP contribution < -0.4 is 11.2 Å². The number of hydrogen-bond acceptors (Lipinski definition) is 7. The lowest BCUT2D eigenvalue weighted by molar-refractivity contribution is 0.174. The van der Waals surface area contributed by atoms with Crippen LogP contribution in [0.1, 0.15) is 34.6 Å². The topological polar surface area (TPSA) is 134 Å². The molecule has 142 valence electrons. The average molecular weight is 393 g/mol. The van der Waals surface area contributed by atoms with E-state index >= 15 is 0 Å². The van der Waals surface area contributed by atoms with Gasteiger partial charge in [-0.1, -0.05) is 28.9 Å². The van der Waals surface area contributed by atoms with E-state index in [-0.39, 0.29) is 35.9 Å². The molecule has 0 fully saturated rings. The second kappa shape index (κ2) is 7.87. The van der Waals surface area contributed by atoms with Crippen molar-refractivity contribution in [2.75, 3.05) is 0 Å². The van der Waals surface area contributed by atoms with Crippen molar-refractivity contribution in [2.45, 2.75) is 32.6 Å². The Morgan fingerprint density at radius 3 is 2.67 bits per heavy atom. The molecule has 1 atom stereocenters. The molecule has 10 heteroatoms. The maximum absolute atomic E-state index is 12.3. The highest BCUT2D eigenvalue weighted by atomic mass is 35.5. The number of nitrogens with one attached hydrogen (secondary N) is 1. The van der Waals surface area contributed by atoms with E-state index in [4.69, 9.17) is 21.2 Å². The molecule has 3 rings (SSSR count). The van der Waals surface area contributed by atoms with Crippen molar-refractivity contribution >= 4 is 11.6 Å².